The number of ether oxygens (including phenoxy) is 5. The summed E-state index contributed by atoms with van der Waals surface area (Å²) in [7, 11) is 0. The molecule has 0 radical (unpaired) electrons. The van der Waals surface area contributed by atoms with Gasteiger partial charge in [0, 0.05) is 12.1 Å². The molecule has 0 saturated carbocycles. The molecule has 212 valence electrons. The Hall–Kier alpha value is -5.02. The van der Waals surface area contributed by atoms with Gasteiger partial charge in [-0.15, -0.1) is 0 Å². The van der Waals surface area contributed by atoms with Crippen molar-refractivity contribution >= 4 is 11.9 Å². The van der Waals surface area contributed by atoms with Gasteiger partial charge in [0.2, 0.25) is 0 Å². The maximum atomic E-state index is 11.6. The van der Waals surface area contributed by atoms with E-state index in [4.69, 9.17) is 23.7 Å². The smallest absolute Gasteiger partial charge is 0.339 e. The molecule has 0 aliphatic rings. The molecule has 0 aromatic heterocycles. The number of benzene rings is 4. The second-order valence-electron chi connectivity index (χ2n) is 8.78. The predicted octanol–water partition coefficient (Wildman–Crippen LogP) is 5.72. The van der Waals surface area contributed by atoms with E-state index in [0.717, 1.165) is 11.1 Å². The Balaban J connectivity index is 1.23. The Kier molecular flexibility index (Phi) is 10.6. The first-order valence-corrected chi connectivity index (χ1v) is 12.9. The number of carboxylic acid groups (broad SMARTS) is 2. The quantitative estimate of drug-likeness (QED) is 0.166. The van der Waals surface area contributed by atoms with E-state index in [-0.39, 0.29) is 49.1 Å². The van der Waals surface area contributed by atoms with Gasteiger partial charge in [0.05, 0.1) is 13.2 Å². The number of carbonyl (C=O) groups is 2. The van der Waals surface area contributed by atoms with Crippen LogP contribution in [0.2, 0.25) is 0 Å². The van der Waals surface area contributed by atoms with Gasteiger partial charge in [0.25, 0.3) is 0 Å². The fourth-order valence-electron chi connectivity index (χ4n) is 3.78. The number of hydrogen-bond acceptors (Lipinski definition) is 7. The molecule has 4 aromatic carbocycles. The molecule has 2 N–H and O–H groups in total. The summed E-state index contributed by atoms with van der Waals surface area (Å²) in [5, 5.41) is 19.0. The summed E-state index contributed by atoms with van der Waals surface area (Å²) in [4.78, 5) is 23.2. The Morgan fingerprint density at radius 1 is 0.512 bits per heavy atom. The minimum Gasteiger partial charge on any atom is -0.490 e. The Morgan fingerprint density at radius 3 is 1.32 bits per heavy atom. The maximum Gasteiger partial charge on any atom is 0.339 e. The molecule has 4 aromatic rings. The standard InChI is InChI=1S/C32H30O9/c33-31(34)27-13-11-25(40-21-23-7-3-1-4-8-23)19-29(27)38-17-15-37-16-18-39-30-20-26(12-14-28(30)32(35)36)41-22-24-9-5-2-6-10-24/h1-14,19-20H,15-18,21-22H2,(H,33,34)(H,35,36). The summed E-state index contributed by atoms with van der Waals surface area (Å²) in [6, 6.07) is 28.3. The minimum absolute atomic E-state index is 0.0101. The fourth-order valence-corrected chi connectivity index (χ4v) is 3.78. The van der Waals surface area contributed by atoms with Gasteiger partial charge in [-0.1, -0.05) is 60.7 Å². The highest BCUT2D eigenvalue weighted by molar-refractivity contribution is 5.91. The van der Waals surface area contributed by atoms with Crippen LogP contribution in [0.25, 0.3) is 0 Å². The molecule has 0 atom stereocenters. The summed E-state index contributed by atoms with van der Waals surface area (Å²) >= 11 is 0. The van der Waals surface area contributed by atoms with Gasteiger partial charge in [-0.25, -0.2) is 9.59 Å². The largest absolute Gasteiger partial charge is 0.490 e. The number of carboxylic acids is 2. The third-order valence-electron chi connectivity index (χ3n) is 5.83. The van der Waals surface area contributed by atoms with Crippen molar-refractivity contribution in [2.24, 2.45) is 0 Å². The Bertz CT molecular complexity index is 1310. The lowest BCUT2D eigenvalue weighted by molar-refractivity contribution is 0.0665. The van der Waals surface area contributed by atoms with Crippen molar-refractivity contribution in [2.45, 2.75) is 13.2 Å². The molecule has 0 bridgehead atoms. The minimum atomic E-state index is -1.12. The lowest BCUT2D eigenvalue weighted by atomic mass is 10.2. The van der Waals surface area contributed by atoms with E-state index < -0.39 is 11.9 Å². The molecule has 9 heteroatoms. The zero-order valence-corrected chi connectivity index (χ0v) is 22.2. The van der Waals surface area contributed by atoms with E-state index in [9.17, 15) is 19.8 Å². The highest BCUT2D eigenvalue weighted by atomic mass is 16.5. The SMILES string of the molecule is O=C(O)c1ccc(OCc2ccccc2)cc1OCCOCCOc1cc(OCc2ccccc2)ccc1C(=O)O. The molecular formula is C32H30O9. The maximum absolute atomic E-state index is 11.6. The normalized spacial score (nSPS) is 10.5. The summed E-state index contributed by atoms with van der Waals surface area (Å²) < 4.78 is 28.4. The van der Waals surface area contributed by atoms with Crippen molar-refractivity contribution in [2.75, 3.05) is 26.4 Å². The number of aromatic carboxylic acids is 2. The van der Waals surface area contributed by atoms with E-state index in [1.54, 1.807) is 12.1 Å². The van der Waals surface area contributed by atoms with Gasteiger partial charge in [-0.05, 0) is 35.4 Å². The lowest BCUT2D eigenvalue weighted by Gasteiger charge is -2.13. The van der Waals surface area contributed by atoms with Crippen LogP contribution in [-0.4, -0.2) is 48.6 Å². The molecule has 41 heavy (non-hydrogen) atoms. The van der Waals surface area contributed by atoms with Crippen LogP contribution in [0.3, 0.4) is 0 Å². The van der Waals surface area contributed by atoms with E-state index in [1.165, 1.54) is 24.3 Å². The highest BCUT2D eigenvalue weighted by Crippen LogP contribution is 2.27. The number of rotatable bonds is 16. The molecule has 0 aliphatic heterocycles. The topological polar surface area (TPSA) is 121 Å². The highest BCUT2D eigenvalue weighted by Gasteiger charge is 2.14. The second-order valence-corrected chi connectivity index (χ2v) is 8.78. The molecule has 4 rings (SSSR count). The first-order chi connectivity index (χ1) is 20.0. The van der Waals surface area contributed by atoms with Crippen molar-refractivity contribution in [3.8, 4) is 23.0 Å². The van der Waals surface area contributed by atoms with Gasteiger partial charge >= 0.3 is 11.9 Å². The van der Waals surface area contributed by atoms with Crippen molar-refractivity contribution in [3.63, 3.8) is 0 Å². The third kappa shape index (κ3) is 9.01. The van der Waals surface area contributed by atoms with Crippen LogP contribution in [0.15, 0.2) is 97.1 Å². The first-order valence-electron chi connectivity index (χ1n) is 12.9. The van der Waals surface area contributed by atoms with Crippen molar-refractivity contribution < 1.29 is 43.5 Å². The van der Waals surface area contributed by atoms with Gasteiger partial charge < -0.3 is 33.9 Å². The summed E-state index contributed by atoms with van der Waals surface area (Å²) in [5.41, 5.74) is 1.98. The zero-order valence-electron chi connectivity index (χ0n) is 22.2. The summed E-state index contributed by atoms with van der Waals surface area (Å²) in [5.74, 6) is -0.941. The zero-order chi connectivity index (χ0) is 28.9. The van der Waals surface area contributed by atoms with Crippen LogP contribution in [0.1, 0.15) is 31.8 Å². The van der Waals surface area contributed by atoms with Crippen LogP contribution in [0.5, 0.6) is 23.0 Å². The predicted molar refractivity (Wildman–Crippen MR) is 150 cm³/mol. The first kappa shape index (κ1) is 29.0. The van der Waals surface area contributed by atoms with Gasteiger partial charge in [-0.2, -0.15) is 0 Å². The van der Waals surface area contributed by atoms with Crippen LogP contribution >= 0.6 is 0 Å². The van der Waals surface area contributed by atoms with Crippen LogP contribution in [0.4, 0.5) is 0 Å². The molecular weight excluding hydrogens is 528 g/mol. The molecule has 0 heterocycles. The van der Waals surface area contributed by atoms with Crippen molar-refractivity contribution in [1.82, 2.24) is 0 Å². The summed E-state index contributed by atoms with van der Waals surface area (Å²) in [6.45, 7) is 1.16. The van der Waals surface area contributed by atoms with Crippen molar-refractivity contribution in [3.05, 3.63) is 119 Å². The fraction of sp³-hybridized carbons (Fsp3) is 0.188. The second kappa shape index (κ2) is 14.9. The molecule has 9 nitrogen and oxygen atoms in total. The lowest BCUT2D eigenvalue weighted by Crippen LogP contribution is -2.14. The summed E-state index contributed by atoms with van der Waals surface area (Å²) in [6.07, 6.45) is 0. The van der Waals surface area contributed by atoms with Gasteiger partial charge in [0.1, 0.15) is 60.6 Å². The Labute approximate surface area is 237 Å². The van der Waals surface area contributed by atoms with Crippen LogP contribution in [0, 0.1) is 0 Å². The molecule has 0 unspecified atom stereocenters. The van der Waals surface area contributed by atoms with Crippen molar-refractivity contribution in [1.29, 1.82) is 0 Å². The van der Waals surface area contributed by atoms with Gasteiger partial charge in [-0.3, -0.25) is 0 Å². The van der Waals surface area contributed by atoms with Crippen LogP contribution < -0.4 is 18.9 Å². The molecule has 0 aliphatic carbocycles. The van der Waals surface area contributed by atoms with Crippen LogP contribution in [-0.2, 0) is 18.0 Å². The van der Waals surface area contributed by atoms with E-state index in [1.807, 2.05) is 60.7 Å². The average molecular weight is 559 g/mol. The van der Waals surface area contributed by atoms with E-state index >= 15 is 0 Å². The average Bonchev–Trinajstić information content (AvgIpc) is 2.99. The molecule has 0 saturated heterocycles. The molecule has 0 amide bonds. The van der Waals surface area contributed by atoms with E-state index in [0.29, 0.717) is 24.7 Å². The third-order valence-corrected chi connectivity index (χ3v) is 5.83. The number of hydrogen-bond donors (Lipinski definition) is 2. The van der Waals surface area contributed by atoms with E-state index in [2.05, 4.69) is 0 Å². The Morgan fingerprint density at radius 2 is 0.927 bits per heavy atom. The molecule has 0 fully saturated rings. The monoisotopic (exact) mass is 558 g/mol. The van der Waals surface area contributed by atoms with Gasteiger partial charge in [0.15, 0.2) is 0 Å². The molecule has 0 spiro atoms.